The number of hydrogen-bond acceptors (Lipinski definition) is 6. The number of aliphatic hydroxyl groups is 1. The van der Waals surface area contributed by atoms with Gasteiger partial charge in [-0.3, -0.25) is 4.79 Å². The van der Waals surface area contributed by atoms with Crippen molar-refractivity contribution < 1.29 is 19.0 Å². The minimum absolute atomic E-state index is 0.140. The summed E-state index contributed by atoms with van der Waals surface area (Å²) < 4.78 is 23.4. The number of ether oxygens (including phenoxy) is 1. The van der Waals surface area contributed by atoms with Gasteiger partial charge < -0.3 is 25.3 Å². The Balaban J connectivity index is 1.81. The van der Waals surface area contributed by atoms with Crippen molar-refractivity contribution in [3.05, 3.63) is 40.6 Å². The van der Waals surface area contributed by atoms with Crippen molar-refractivity contribution in [2.24, 2.45) is 0 Å². The van der Waals surface area contributed by atoms with Crippen LogP contribution < -0.4 is 26.4 Å². The van der Waals surface area contributed by atoms with Gasteiger partial charge in [-0.15, -0.1) is 0 Å². The summed E-state index contributed by atoms with van der Waals surface area (Å²) in [7, 11) is -2.16. The zero-order chi connectivity index (χ0) is 25.4. The van der Waals surface area contributed by atoms with E-state index in [0.29, 0.717) is 36.7 Å². The minimum Gasteiger partial charge on any atom is -0.490 e. The van der Waals surface area contributed by atoms with Crippen molar-refractivity contribution in [3.63, 3.8) is 0 Å². The van der Waals surface area contributed by atoms with Crippen LogP contribution in [-0.2, 0) is 0 Å². The van der Waals surface area contributed by atoms with Gasteiger partial charge in [0.05, 0.1) is 28.4 Å². The number of anilines is 1. The van der Waals surface area contributed by atoms with E-state index in [1.54, 1.807) is 18.5 Å². The summed E-state index contributed by atoms with van der Waals surface area (Å²) in [5, 5.41) is 13.2. The number of aliphatic hydroxyl groups excluding tert-OH is 1. The maximum absolute atomic E-state index is 15.4. The molecule has 1 saturated carbocycles. The lowest BCUT2D eigenvalue weighted by atomic mass is 9.93. The number of imidazole rings is 1. The Morgan fingerprint density at radius 1 is 1.37 bits per heavy atom. The van der Waals surface area contributed by atoms with Crippen LogP contribution in [0.4, 0.5) is 10.2 Å². The van der Waals surface area contributed by atoms with E-state index in [9.17, 15) is 9.90 Å². The van der Waals surface area contributed by atoms with Crippen molar-refractivity contribution in [1.82, 2.24) is 19.7 Å². The van der Waals surface area contributed by atoms with Gasteiger partial charge in [0.2, 0.25) is 0 Å². The van der Waals surface area contributed by atoms with Crippen LogP contribution in [0.3, 0.4) is 0 Å². The molecule has 4 rings (SSSR count). The number of fused-ring (bicyclic) bond motifs is 1. The SMILES string of the molecule is Cc1nc([Si@@H](C)c2cc(Cl)c(F)c(C(=O)N[C@H]3CC[C@H](O)CC3)c2OC(C)C)n2ccnc(N)c12. The van der Waals surface area contributed by atoms with Crippen molar-refractivity contribution in [2.75, 3.05) is 5.73 Å². The molecule has 0 aliphatic heterocycles. The predicted octanol–water partition coefficient (Wildman–Crippen LogP) is 2.20. The Bertz CT molecular complexity index is 1260. The zero-order valence-corrected chi connectivity index (χ0v) is 22.2. The van der Waals surface area contributed by atoms with Crippen molar-refractivity contribution in [3.8, 4) is 5.75 Å². The number of halogens is 2. The van der Waals surface area contributed by atoms with Crippen LogP contribution in [0.25, 0.3) is 5.52 Å². The van der Waals surface area contributed by atoms with E-state index >= 15 is 4.39 Å². The highest BCUT2D eigenvalue weighted by Gasteiger charge is 2.32. The molecule has 1 amide bonds. The maximum Gasteiger partial charge on any atom is 0.258 e. The molecule has 1 fully saturated rings. The quantitative estimate of drug-likeness (QED) is 0.430. The van der Waals surface area contributed by atoms with Gasteiger partial charge in [0, 0.05) is 18.4 Å². The normalized spacial score (nSPS) is 19.2. The molecule has 0 radical (unpaired) electrons. The van der Waals surface area contributed by atoms with Gasteiger partial charge in [0.25, 0.3) is 5.91 Å². The number of aryl methyl sites for hydroxylation is 1. The van der Waals surface area contributed by atoms with E-state index in [-0.39, 0.29) is 34.6 Å². The molecule has 0 spiro atoms. The molecule has 188 valence electrons. The molecule has 2 heterocycles. The molecule has 4 N–H and O–H groups in total. The molecule has 0 unspecified atom stereocenters. The minimum atomic E-state index is -2.16. The van der Waals surface area contributed by atoms with E-state index in [2.05, 4.69) is 10.3 Å². The van der Waals surface area contributed by atoms with E-state index < -0.39 is 20.5 Å². The van der Waals surface area contributed by atoms with Gasteiger partial charge in [-0.2, -0.15) is 0 Å². The average molecular weight is 520 g/mol. The number of nitrogens with two attached hydrogens (primary N) is 1. The second kappa shape index (κ2) is 10.1. The highest BCUT2D eigenvalue weighted by molar-refractivity contribution is 6.84. The number of carbonyl (C=O) groups is 1. The van der Waals surface area contributed by atoms with Crippen LogP contribution in [-0.4, -0.2) is 52.4 Å². The molecule has 1 aliphatic carbocycles. The Labute approximate surface area is 210 Å². The molecule has 8 nitrogen and oxygen atoms in total. The summed E-state index contributed by atoms with van der Waals surface area (Å²) in [5.74, 6) is -0.801. The summed E-state index contributed by atoms with van der Waals surface area (Å²) in [6.07, 6.45) is 5.19. The Morgan fingerprint density at radius 2 is 2.06 bits per heavy atom. The van der Waals surface area contributed by atoms with E-state index in [1.807, 2.05) is 31.7 Å². The van der Waals surface area contributed by atoms with Gasteiger partial charge in [-0.1, -0.05) is 18.1 Å². The number of carbonyl (C=O) groups excluding carboxylic acids is 1. The second-order valence-corrected chi connectivity index (χ2v) is 12.4. The first-order chi connectivity index (χ1) is 16.6. The van der Waals surface area contributed by atoms with E-state index in [4.69, 9.17) is 27.1 Å². The first-order valence-electron chi connectivity index (χ1n) is 11.8. The fraction of sp³-hybridized carbons (Fsp3) is 0.458. The number of aromatic nitrogens is 3. The average Bonchev–Trinajstić information content (AvgIpc) is 3.14. The molecular formula is C24H31ClFN5O3Si. The number of benzene rings is 1. The summed E-state index contributed by atoms with van der Waals surface area (Å²) >= 11 is 6.34. The third-order valence-corrected chi connectivity index (χ3v) is 9.27. The molecule has 1 aliphatic rings. The molecule has 1 aromatic carbocycles. The molecule has 35 heavy (non-hydrogen) atoms. The number of hydrogen-bond donors (Lipinski definition) is 3. The van der Waals surface area contributed by atoms with Crippen LogP contribution in [0.15, 0.2) is 18.5 Å². The van der Waals surface area contributed by atoms with Crippen LogP contribution in [0.2, 0.25) is 11.6 Å². The predicted molar refractivity (Wildman–Crippen MR) is 137 cm³/mol. The number of amides is 1. The summed E-state index contributed by atoms with van der Waals surface area (Å²) in [6, 6.07) is 1.41. The maximum atomic E-state index is 15.4. The fourth-order valence-corrected chi connectivity index (χ4v) is 7.34. The lowest BCUT2D eigenvalue weighted by Crippen LogP contribution is -2.46. The van der Waals surface area contributed by atoms with E-state index in [0.717, 1.165) is 16.7 Å². The highest BCUT2D eigenvalue weighted by Crippen LogP contribution is 2.29. The standard InChI is InChI=1S/C24H31ClFN5O3Si/c1-12(2)34-21-17(35(4)24-29-13(3)20-22(27)28-9-10-31(20)24)11-16(25)19(26)18(21)23(33)30-14-5-7-15(32)8-6-14/h9-12,14-15,32,35H,5-8H2,1-4H3,(H2,27,28)(H,30,33)/t14-,15-,35-/m0/s1. The van der Waals surface area contributed by atoms with E-state index in [1.165, 1.54) is 0 Å². The molecule has 0 saturated heterocycles. The van der Waals surface area contributed by atoms with Crippen molar-refractivity contribution in [2.45, 2.75) is 71.3 Å². The van der Waals surface area contributed by atoms with Crippen molar-refractivity contribution >= 4 is 48.3 Å². The Morgan fingerprint density at radius 3 is 2.71 bits per heavy atom. The summed E-state index contributed by atoms with van der Waals surface area (Å²) in [4.78, 5) is 22.3. The smallest absolute Gasteiger partial charge is 0.258 e. The number of nitrogen functional groups attached to an aromatic ring is 1. The molecule has 2 aromatic heterocycles. The third kappa shape index (κ3) is 5.00. The molecule has 0 bridgehead atoms. The van der Waals surface area contributed by atoms with Crippen LogP contribution in [0.1, 0.15) is 55.6 Å². The Hall–Kier alpha value is -2.69. The van der Waals surface area contributed by atoms with Crippen LogP contribution >= 0.6 is 11.6 Å². The first-order valence-corrected chi connectivity index (χ1v) is 14.5. The number of nitrogens with zero attached hydrogens (tertiary/aromatic N) is 3. The monoisotopic (exact) mass is 519 g/mol. The fourth-order valence-electron chi connectivity index (χ4n) is 4.71. The largest absolute Gasteiger partial charge is 0.490 e. The lowest BCUT2D eigenvalue weighted by Gasteiger charge is -2.27. The van der Waals surface area contributed by atoms with Gasteiger partial charge in [0.1, 0.15) is 31.4 Å². The number of nitrogens with one attached hydrogen (secondary N) is 1. The van der Waals surface area contributed by atoms with Crippen LogP contribution in [0.5, 0.6) is 5.75 Å². The molecule has 3 aromatic rings. The summed E-state index contributed by atoms with van der Waals surface area (Å²) in [5.41, 5.74) is 8.13. The lowest BCUT2D eigenvalue weighted by molar-refractivity contribution is 0.0858. The third-order valence-electron chi connectivity index (χ3n) is 6.45. The topological polar surface area (TPSA) is 115 Å². The molecule has 1 atom stereocenters. The highest BCUT2D eigenvalue weighted by atomic mass is 35.5. The van der Waals surface area contributed by atoms with Gasteiger partial charge >= 0.3 is 0 Å². The van der Waals surface area contributed by atoms with Crippen LogP contribution in [0, 0.1) is 12.7 Å². The Kier molecular flexibility index (Phi) is 7.34. The first kappa shape index (κ1) is 25.4. The van der Waals surface area contributed by atoms with Crippen molar-refractivity contribution in [1.29, 1.82) is 0 Å². The molecular weight excluding hydrogens is 489 g/mol. The zero-order valence-electron chi connectivity index (χ0n) is 20.3. The molecule has 11 heteroatoms. The number of rotatable bonds is 6. The summed E-state index contributed by atoms with van der Waals surface area (Å²) in [6.45, 7) is 7.55. The van der Waals surface area contributed by atoms with Gasteiger partial charge in [0.15, 0.2) is 5.82 Å². The second-order valence-electron chi connectivity index (χ2n) is 9.42. The van der Waals surface area contributed by atoms with Gasteiger partial charge in [-0.25, -0.2) is 14.4 Å². The van der Waals surface area contributed by atoms with Gasteiger partial charge in [-0.05, 0) is 57.7 Å².